The summed E-state index contributed by atoms with van der Waals surface area (Å²) in [6, 6.07) is 15.8. The normalized spacial score (nSPS) is 11.2. The molecule has 0 aliphatic rings. The zero-order valence-corrected chi connectivity index (χ0v) is 16.2. The maximum Gasteiger partial charge on any atom is 0.251 e. The molecule has 27 heavy (non-hydrogen) atoms. The van der Waals surface area contributed by atoms with Gasteiger partial charge >= 0.3 is 0 Å². The number of ether oxygens (including phenoxy) is 2. The van der Waals surface area contributed by atoms with E-state index >= 15 is 0 Å². The van der Waals surface area contributed by atoms with Gasteiger partial charge in [-0.3, -0.25) is 4.79 Å². The first-order valence-electron chi connectivity index (χ1n) is 8.45. The smallest absolute Gasteiger partial charge is 0.251 e. The van der Waals surface area contributed by atoms with E-state index < -0.39 is 10.0 Å². The van der Waals surface area contributed by atoms with Gasteiger partial charge in [0.05, 0.1) is 13.4 Å². The van der Waals surface area contributed by atoms with Crippen LogP contribution in [-0.4, -0.2) is 58.2 Å². The van der Waals surface area contributed by atoms with Crippen LogP contribution in [0.15, 0.2) is 54.6 Å². The Morgan fingerprint density at radius 3 is 2.22 bits per heavy atom. The van der Waals surface area contributed by atoms with Crippen LogP contribution in [-0.2, 0) is 10.0 Å². The molecule has 8 heteroatoms. The lowest BCUT2D eigenvalue weighted by Gasteiger charge is -2.20. The van der Waals surface area contributed by atoms with Crippen LogP contribution in [0.2, 0.25) is 0 Å². The molecule has 1 N–H and O–H groups in total. The third kappa shape index (κ3) is 6.92. The van der Waals surface area contributed by atoms with Gasteiger partial charge in [-0.1, -0.05) is 18.2 Å². The number of sulfonamides is 1. The third-order valence-corrected chi connectivity index (χ3v) is 5.12. The summed E-state index contributed by atoms with van der Waals surface area (Å²) in [5, 5.41) is 2.72. The number of hydrogen-bond donors (Lipinski definition) is 1. The molecule has 0 radical (unpaired) electrons. The molecule has 0 atom stereocenters. The van der Waals surface area contributed by atoms with E-state index in [2.05, 4.69) is 5.32 Å². The molecule has 0 aliphatic carbocycles. The minimum Gasteiger partial charge on any atom is -0.497 e. The van der Waals surface area contributed by atoms with Crippen LogP contribution in [0, 0.1) is 0 Å². The van der Waals surface area contributed by atoms with E-state index in [1.807, 2.05) is 6.07 Å². The summed E-state index contributed by atoms with van der Waals surface area (Å²) in [6.45, 7) is 0.769. The van der Waals surface area contributed by atoms with E-state index in [0.29, 0.717) is 17.1 Å². The highest BCUT2D eigenvalue weighted by Crippen LogP contribution is 2.16. The number of carbonyl (C=O) groups excluding carboxylic acids is 1. The fourth-order valence-electron chi connectivity index (χ4n) is 2.37. The largest absolute Gasteiger partial charge is 0.497 e. The first kappa shape index (κ1) is 20.7. The molecule has 7 nitrogen and oxygen atoms in total. The molecule has 0 fully saturated rings. The van der Waals surface area contributed by atoms with Crippen molar-refractivity contribution in [2.45, 2.75) is 0 Å². The van der Waals surface area contributed by atoms with Crippen LogP contribution < -0.4 is 14.8 Å². The quantitative estimate of drug-likeness (QED) is 0.666. The van der Waals surface area contributed by atoms with Crippen molar-refractivity contribution in [1.82, 2.24) is 9.62 Å². The molecule has 2 rings (SSSR count). The monoisotopic (exact) mass is 392 g/mol. The summed E-state index contributed by atoms with van der Waals surface area (Å²) < 4.78 is 35.8. The molecule has 0 heterocycles. The Kier molecular flexibility index (Phi) is 7.63. The van der Waals surface area contributed by atoms with Crippen molar-refractivity contribution in [2.75, 3.05) is 39.6 Å². The molecule has 0 bridgehead atoms. The summed E-state index contributed by atoms with van der Waals surface area (Å²) >= 11 is 0. The molecule has 146 valence electrons. The fourth-order valence-corrected chi connectivity index (χ4v) is 3.20. The summed E-state index contributed by atoms with van der Waals surface area (Å²) in [6.07, 6.45) is 1.14. The van der Waals surface area contributed by atoms with Crippen molar-refractivity contribution in [2.24, 2.45) is 0 Å². The van der Waals surface area contributed by atoms with E-state index in [1.54, 1.807) is 55.6 Å². The van der Waals surface area contributed by atoms with Crippen LogP contribution in [0.3, 0.4) is 0 Å². The summed E-state index contributed by atoms with van der Waals surface area (Å²) in [5.41, 5.74) is 0.534. The van der Waals surface area contributed by atoms with Gasteiger partial charge < -0.3 is 14.8 Å². The Morgan fingerprint density at radius 2 is 1.63 bits per heavy atom. The predicted molar refractivity (Wildman–Crippen MR) is 104 cm³/mol. The topological polar surface area (TPSA) is 84.9 Å². The first-order valence-corrected chi connectivity index (χ1v) is 10.3. The molecule has 0 unspecified atom stereocenters. The van der Waals surface area contributed by atoms with Gasteiger partial charge in [0.25, 0.3) is 5.91 Å². The number of hydrogen-bond acceptors (Lipinski definition) is 5. The van der Waals surface area contributed by atoms with Crippen molar-refractivity contribution in [3.63, 3.8) is 0 Å². The van der Waals surface area contributed by atoms with Gasteiger partial charge in [0, 0.05) is 25.2 Å². The number of rotatable bonds is 10. The summed E-state index contributed by atoms with van der Waals surface area (Å²) in [5.74, 6) is 1.11. The number of benzene rings is 2. The number of amides is 1. The fraction of sp³-hybridized carbons (Fsp3) is 0.316. The molecule has 0 spiro atoms. The lowest BCUT2D eigenvalue weighted by molar-refractivity contribution is 0.0951. The maximum atomic E-state index is 12.0. The van der Waals surface area contributed by atoms with Crippen LogP contribution in [0.1, 0.15) is 10.4 Å². The Balaban J connectivity index is 1.81. The van der Waals surface area contributed by atoms with Gasteiger partial charge in [0.15, 0.2) is 0 Å². The van der Waals surface area contributed by atoms with Crippen molar-refractivity contribution < 1.29 is 22.7 Å². The second kappa shape index (κ2) is 9.94. The van der Waals surface area contributed by atoms with E-state index in [0.717, 1.165) is 6.26 Å². The molecule has 0 saturated heterocycles. The van der Waals surface area contributed by atoms with Gasteiger partial charge in [-0.15, -0.1) is 0 Å². The van der Waals surface area contributed by atoms with Crippen LogP contribution >= 0.6 is 0 Å². The molecule has 1 amide bonds. The van der Waals surface area contributed by atoms with E-state index in [9.17, 15) is 13.2 Å². The van der Waals surface area contributed by atoms with Crippen molar-refractivity contribution >= 4 is 15.9 Å². The highest BCUT2D eigenvalue weighted by molar-refractivity contribution is 7.88. The Labute approximate surface area is 160 Å². The number of nitrogens with one attached hydrogen (secondary N) is 1. The predicted octanol–water partition coefficient (Wildman–Crippen LogP) is 1.77. The first-order chi connectivity index (χ1) is 12.9. The van der Waals surface area contributed by atoms with Gasteiger partial charge in [0.2, 0.25) is 10.0 Å². The van der Waals surface area contributed by atoms with Gasteiger partial charge in [-0.05, 0) is 36.4 Å². The average Bonchev–Trinajstić information content (AvgIpc) is 2.67. The molecule has 0 aromatic heterocycles. The molecule has 2 aromatic rings. The highest BCUT2D eigenvalue weighted by Gasteiger charge is 2.16. The molecular formula is C19H24N2O5S. The second-order valence-electron chi connectivity index (χ2n) is 5.81. The Hall–Kier alpha value is -2.58. The van der Waals surface area contributed by atoms with E-state index in [4.69, 9.17) is 9.47 Å². The van der Waals surface area contributed by atoms with Crippen molar-refractivity contribution in [1.29, 1.82) is 0 Å². The molecule has 0 saturated carbocycles. The molecular weight excluding hydrogens is 368 g/mol. The molecule has 0 aliphatic heterocycles. The van der Waals surface area contributed by atoms with Crippen molar-refractivity contribution in [3.05, 3.63) is 60.2 Å². The van der Waals surface area contributed by atoms with E-state index in [1.165, 1.54) is 4.31 Å². The standard InChI is InChI=1S/C19H24N2O5S/c1-25-17-8-10-18(11-9-17)26-15-14-21(27(2,23)24)13-12-20-19(22)16-6-4-3-5-7-16/h3-11H,12-15H2,1-2H3,(H,20,22). The zero-order valence-electron chi connectivity index (χ0n) is 15.4. The number of carbonyl (C=O) groups is 1. The Morgan fingerprint density at radius 1 is 1.00 bits per heavy atom. The Bertz CT molecular complexity index is 823. The minimum absolute atomic E-state index is 0.170. The van der Waals surface area contributed by atoms with Crippen LogP contribution in [0.5, 0.6) is 11.5 Å². The van der Waals surface area contributed by atoms with Gasteiger partial charge in [-0.25, -0.2) is 8.42 Å². The van der Waals surface area contributed by atoms with Crippen LogP contribution in [0.4, 0.5) is 0 Å². The summed E-state index contributed by atoms with van der Waals surface area (Å²) in [4.78, 5) is 12.0. The third-order valence-electron chi connectivity index (χ3n) is 3.82. The summed E-state index contributed by atoms with van der Waals surface area (Å²) in [7, 11) is -1.83. The number of methoxy groups -OCH3 is 1. The average molecular weight is 392 g/mol. The number of nitrogens with zero attached hydrogens (tertiary/aromatic N) is 1. The zero-order chi connectivity index (χ0) is 19.7. The van der Waals surface area contributed by atoms with Crippen LogP contribution in [0.25, 0.3) is 0 Å². The van der Waals surface area contributed by atoms with E-state index in [-0.39, 0.29) is 32.1 Å². The molecule has 2 aromatic carbocycles. The van der Waals surface area contributed by atoms with Crippen molar-refractivity contribution in [3.8, 4) is 11.5 Å². The maximum absolute atomic E-state index is 12.0. The SMILES string of the molecule is COc1ccc(OCCN(CCNC(=O)c2ccccc2)S(C)(=O)=O)cc1. The highest BCUT2D eigenvalue weighted by atomic mass is 32.2. The van der Waals surface area contributed by atoms with Gasteiger partial charge in [-0.2, -0.15) is 4.31 Å². The second-order valence-corrected chi connectivity index (χ2v) is 7.79. The lowest BCUT2D eigenvalue weighted by Crippen LogP contribution is -2.40. The van der Waals surface area contributed by atoms with Gasteiger partial charge in [0.1, 0.15) is 18.1 Å². The minimum atomic E-state index is -3.41. The lowest BCUT2D eigenvalue weighted by atomic mass is 10.2.